The first-order valence-corrected chi connectivity index (χ1v) is 7.51. The number of ether oxygens (including phenoxy) is 1. The van der Waals surface area contributed by atoms with Crippen molar-refractivity contribution in [2.45, 2.75) is 13.3 Å². The van der Waals surface area contributed by atoms with E-state index in [0.717, 1.165) is 12.1 Å². The molecule has 0 saturated carbocycles. The summed E-state index contributed by atoms with van der Waals surface area (Å²) in [6.45, 7) is 2.56. The van der Waals surface area contributed by atoms with Crippen LogP contribution in [0, 0.1) is 0 Å². The molecule has 3 N–H and O–H groups in total. The lowest BCUT2D eigenvalue weighted by molar-refractivity contribution is 0.292. The molecule has 2 aromatic heterocycles. The van der Waals surface area contributed by atoms with Gasteiger partial charge in [0.2, 0.25) is 11.9 Å². The highest BCUT2D eigenvalue weighted by Gasteiger charge is 2.06. The van der Waals surface area contributed by atoms with Crippen LogP contribution < -0.4 is 15.8 Å². The second-order valence-corrected chi connectivity index (χ2v) is 5.39. The predicted molar refractivity (Wildman–Crippen MR) is 85.1 cm³/mol. The van der Waals surface area contributed by atoms with Gasteiger partial charge in [-0.3, -0.25) is 0 Å². The minimum atomic E-state index is 0.134. The minimum absolute atomic E-state index is 0.134. The molecule has 0 atom stereocenters. The van der Waals surface area contributed by atoms with E-state index in [9.17, 15) is 0 Å². The van der Waals surface area contributed by atoms with Gasteiger partial charge in [-0.1, -0.05) is 6.92 Å². The molecule has 0 radical (unpaired) electrons. The van der Waals surface area contributed by atoms with Crippen molar-refractivity contribution in [3.05, 3.63) is 29.6 Å². The lowest BCUT2D eigenvalue weighted by atomic mass is 10.2. The topological polar surface area (TPSA) is 86.0 Å². The first kappa shape index (κ1) is 13.6. The normalized spacial score (nSPS) is 10.7. The van der Waals surface area contributed by atoms with Gasteiger partial charge in [-0.2, -0.15) is 15.0 Å². The monoisotopic (exact) mass is 301 g/mol. The van der Waals surface area contributed by atoms with Gasteiger partial charge in [0.05, 0.1) is 6.61 Å². The summed E-state index contributed by atoms with van der Waals surface area (Å²) in [6, 6.07) is 8.39. The van der Waals surface area contributed by atoms with E-state index in [2.05, 4.69) is 37.8 Å². The zero-order valence-corrected chi connectivity index (χ0v) is 12.4. The molecule has 0 aliphatic carbocycles. The van der Waals surface area contributed by atoms with E-state index in [0.29, 0.717) is 12.6 Å². The summed E-state index contributed by atoms with van der Waals surface area (Å²) in [7, 11) is 0. The van der Waals surface area contributed by atoms with E-state index < -0.39 is 0 Å². The number of rotatable bonds is 5. The number of benzene rings is 1. The zero-order valence-electron chi connectivity index (χ0n) is 11.5. The van der Waals surface area contributed by atoms with Gasteiger partial charge in [0.25, 0.3) is 0 Å². The van der Waals surface area contributed by atoms with Crippen LogP contribution in [0.1, 0.15) is 13.3 Å². The number of nitrogens with one attached hydrogen (secondary N) is 1. The summed E-state index contributed by atoms with van der Waals surface area (Å²) in [5, 5.41) is 6.36. The fourth-order valence-electron chi connectivity index (χ4n) is 1.86. The number of thiophene rings is 1. The molecule has 3 aromatic rings. The van der Waals surface area contributed by atoms with Crippen LogP contribution in [0.3, 0.4) is 0 Å². The largest absolute Gasteiger partial charge is 0.463 e. The average molecular weight is 301 g/mol. The van der Waals surface area contributed by atoms with E-state index in [-0.39, 0.29) is 12.0 Å². The van der Waals surface area contributed by atoms with Gasteiger partial charge in [-0.25, -0.2) is 0 Å². The number of hydrogen-bond acceptors (Lipinski definition) is 7. The van der Waals surface area contributed by atoms with E-state index in [4.69, 9.17) is 10.5 Å². The smallest absolute Gasteiger partial charge is 0.323 e. The van der Waals surface area contributed by atoms with Crippen LogP contribution >= 0.6 is 11.3 Å². The molecule has 0 aliphatic rings. The summed E-state index contributed by atoms with van der Waals surface area (Å²) in [5.41, 5.74) is 6.57. The van der Waals surface area contributed by atoms with Crippen LogP contribution in [-0.4, -0.2) is 21.6 Å². The van der Waals surface area contributed by atoms with Crippen molar-refractivity contribution in [2.75, 3.05) is 17.7 Å². The van der Waals surface area contributed by atoms with Crippen molar-refractivity contribution in [1.82, 2.24) is 15.0 Å². The lowest BCUT2D eigenvalue weighted by Crippen LogP contribution is -2.07. The van der Waals surface area contributed by atoms with Crippen molar-refractivity contribution in [3.63, 3.8) is 0 Å². The Morgan fingerprint density at radius 3 is 3.00 bits per heavy atom. The molecule has 6 nitrogen and oxygen atoms in total. The van der Waals surface area contributed by atoms with Crippen LogP contribution in [-0.2, 0) is 0 Å². The van der Waals surface area contributed by atoms with Gasteiger partial charge in [0.15, 0.2) is 0 Å². The average Bonchev–Trinajstić information content (AvgIpc) is 2.92. The zero-order chi connectivity index (χ0) is 14.7. The Hall–Kier alpha value is -2.41. The van der Waals surface area contributed by atoms with Gasteiger partial charge in [-0.05, 0) is 41.5 Å². The Labute approximate surface area is 126 Å². The van der Waals surface area contributed by atoms with Crippen molar-refractivity contribution in [3.8, 4) is 6.01 Å². The van der Waals surface area contributed by atoms with E-state index in [1.165, 1.54) is 10.1 Å². The van der Waals surface area contributed by atoms with Crippen LogP contribution in [0.5, 0.6) is 6.01 Å². The highest BCUT2D eigenvalue weighted by Crippen LogP contribution is 2.25. The standard InChI is InChI=1S/C14H15N5OS/c1-2-6-20-14-18-12(15)17-13(19-14)16-10-3-4-11-9(8-10)5-7-21-11/h3-5,7-8H,2,6H2,1H3,(H3,15,16,17,18,19). The van der Waals surface area contributed by atoms with Gasteiger partial charge in [0, 0.05) is 10.4 Å². The lowest BCUT2D eigenvalue weighted by Gasteiger charge is -2.08. The number of aromatic nitrogens is 3. The molecular formula is C14H15N5OS. The van der Waals surface area contributed by atoms with Crippen LogP contribution in [0.25, 0.3) is 10.1 Å². The second kappa shape index (κ2) is 5.92. The molecule has 2 heterocycles. The molecule has 0 fully saturated rings. The molecule has 21 heavy (non-hydrogen) atoms. The van der Waals surface area contributed by atoms with Crippen molar-refractivity contribution >= 4 is 39.0 Å². The molecule has 7 heteroatoms. The van der Waals surface area contributed by atoms with Gasteiger partial charge >= 0.3 is 6.01 Å². The van der Waals surface area contributed by atoms with Crippen LogP contribution in [0.2, 0.25) is 0 Å². The molecule has 3 rings (SSSR count). The maximum Gasteiger partial charge on any atom is 0.323 e. The first-order valence-electron chi connectivity index (χ1n) is 6.63. The highest BCUT2D eigenvalue weighted by molar-refractivity contribution is 7.17. The number of nitrogens with zero attached hydrogens (tertiary/aromatic N) is 3. The molecule has 0 amide bonds. The van der Waals surface area contributed by atoms with E-state index in [1.807, 2.05) is 19.1 Å². The first-order chi connectivity index (χ1) is 10.2. The molecule has 0 unspecified atom stereocenters. The second-order valence-electron chi connectivity index (χ2n) is 4.45. The summed E-state index contributed by atoms with van der Waals surface area (Å²) in [4.78, 5) is 12.2. The van der Waals surface area contributed by atoms with Crippen molar-refractivity contribution in [1.29, 1.82) is 0 Å². The summed E-state index contributed by atoms with van der Waals surface area (Å²) < 4.78 is 6.63. The number of nitrogens with two attached hydrogens (primary N) is 1. The maximum absolute atomic E-state index is 5.68. The van der Waals surface area contributed by atoms with Gasteiger partial charge in [-0.15, -0.1) is 11.3 Å². The fraction of sp³-hybridized carbons (Fsp3) is 0.214. The summed E-state index contributed by atoms with van der Waals surface area (Å²) in [5.74, 6) is 0.512. The maximum atomic E-state index is 5.68. The third-order valence-electron chi connectivity index (χ3n) is 2.78. The Kier molecular flexibility index (Phi) is 3.83. The number of hydrogen-bond donors (Lipinski definition) is 2. The highest BCUT2D eigenvalue weighted by atomic mass is 32.1. The molecular weight excluding hydrogens is 286 g/mol. The Balaban J connectivity index is 1.84. The number of nitrogen functional groups attached to an aromatic ring is 1. The number of anilines is 3. The van der Waals surface area contributed by atoms with Gasteiger partial charge in [0.1, 0.15) is 0 Å². The molecule has 0 bridgehead atoms. The predicted octanol–water partition coefficient (Wildman–Crippen LogP) is 3.20. The fourth-order valence-corrected chi connectivity index (χ4v) is 2.63. The molecule has 108 valence electrons. The van der Waals surface area contributed by atoms with Crippen molar-refractivity contribution in [2.24, 2.45) is 0 Å². The molecule has 0 saturated heterocycles. The SMILES string of the molecule is CCCOc1nc(N)nc(Nc2ccc3sccc3c2)n1. The Morgan fingerprint density at radius 1 is 1.24 bits per heavy atom. The van der Waals surface area contributed by atoms with E-state index in [1.54, 1.807) is 11.3 Å². The Morgan fingerprint density at radius 2 is 2.14 bits per heavy atom. The Bertz CT molecular complexity index is 758. The molecule has 0 spiro atoms. The van der Waals surface area contributed by atoms with Gasteiger partial charge < -0.3 is 15.8 Å². The number of fused-ring (bicyclic) bond motifs is 1. The van der Waals surface area contributed by atoms with E-state index >= 15 is 0 Å². The summed E-state index contributed by atoms with van der Waals surface area (Å²) in [6.07, 6.45) is 0.878. The minimum Gasteiger partial charge on any atom is -0.463 e. The van der Waals surface area contributed by atoms with Crippen LogP contribution in [0.15, 0.2) is 29.6 Å². The van der Waals surface area contributed by atoms with Crippen molar-refractivity contribution < 1.29 is 4.74 Å². The summed E-state index contributed by atoms with van der Waals surface area (Å²) >= 11 is 1.71. The molecule has 1 aromatic carbocycles. The molecule has 0 aliphatic heterocycles. The van der Waals surface area contributed by atoms with Crippen LogP contribution in [0.4, 0.5) is 17.6 Å². The quantitative estimate of drug-likeness (QED) is 0.752. The third kappa shape index (κ3) is 3.19. The third-order valence-corrected chi connectivity index (χ3v) is 3.67.